The number of ether oxygens (including phenoxy) is 1. The van der Waals surface area contributed by atoms with Gasteiger partial charge in [0.1, 0.15) is 16.4 Å². The predicted molar refractivity (Wildman–Crippen MR) is 112 cm³/mol. The van der Waals surface area contributed by atoms with Gasteiger partial charge in [-0.1, -0.05) is 11.6 Å². The lowest BCUT2D eigenvalue weighted by Crippen LogP contribution is -2.16. The van der Waals surface area contributed by atoms with Gasteiger partial charge in [0, 0.05) is 10.1 Å². The SMILES string of the molecule is COc1ccc2c(Cl)c(C(=O)N/N=C/c3cc(Br)c(O)c(Br)c3)sc2c1. The van der Waals surface area contributed by atoms with Crippen molar-refractivity contribution in [3.63, 3.8) is 0 Å². The fourth-order valence-corrected chi connectivity index (χ4v) is 4.85. The van der Waals surface area contributed by atoms with E-state index >= 15 is 0 Å². The molecule has 0 aliphatic heterocycles. The van der Waals surface area contributed by atoms with Crippen molar-refractivity contribution in [3.8, 4) is 11.5 Å². The number of halogens is 3. The van der Waals surface area contributed by atoms with Crippen molar-refractivity contribution >= 4 is 77.0 Å². The number of carbonyl (C=O) groups excluding carboxylic acids is 1. The molecule has 5 nitrogen and oxygen atoms in total. The zero-order chi connectivity index (χ0) is 18.8. The second-order valence-electron chi connectivity index (χ2n) is 5.14. The first-order valence-corrected chi connectivity index (χ1v) is 9.96. The Hall–Kier alpha value is -1.61. The van der Waals surface area contributed by atoms with Crippen LogP contribution in [0.5, 0.6) is 11.5 Å². The smallest absolute Gasteiger partial charge is 0.283 e. The first kappa shape index (κ1) is 19.2. The third-order valence-corrected chi connectivity index (χ3v) is 6.33. The quantitative estimate of drug-likeness (QED) is 0.351. The van der Waals surface area contributed by atoms with E-state index in [1.165, 1.54) is 17.6 Å². The van der Waals surface area contributed by atoms with E-state index in [0.717, 1.165) is 10.1 Å². The van der Waals surface area contributed by atoms with Crippen LogP contribution in [-0.4, -0.2) is 24.3 Å². The van der Waals surface area contributed by atoms with Gasteiger partial charge in [-0.2, -0.15) is 5.10 Å². The Morgan fingerprint density at radius 3 is 2.65 bits per heavy atom. The Morgan fingerprint density at radius 1 is 1.31 bits per heavy atom. The van der Waals surface area contributed by atoms with Crippen LogP contribution in [0.4, 0.5) is 0 Å². The Labute approximate surface area is 174 Å². The maximum Gasteiger partial charge on any atom is 0.283 e. The number of carbonyl (C=O) groups is 1. The number of phenolic OH excluding ortho intramolecular Hbond substituents is 1. The second kappa shape index (κ2) is 7.96. The van der Waals surface area contributed by atoms with Crippen molar-refractivity contribution in [2.45, 2.75) is 0 Å². The normalized spacial score (nSPS) is 11.2. The fraction of sp³-hybridized carbons (Fsp3) is 0.0588. The van der Waals surface area contributed by atoms with E-state index in [9.17, 15) is 9.90 Å². The van der Waals surface area contributed by atoms with Gasteiger partial charge in [-0.25, -0.2) is 5.43 Å². The van der Waals surface area contributed by atoms with Crippen LogP contribution in [-0.2, 0) is 0 Å². The van der Waals surface area contributed by atoms with Gasteiger partial charge >= 0.3 is 0 Å². The Bertz CT molecular complexity index is 1010. The average molecular weight is 519 g/mol. The molecule has 3 rings (SSSR count). The molecule has 9 heteroatoms. The minimum Gasteiger partial charge on any atom is -0.506 e. The molecule has 0 spiro atoms. The number of hydrazone groups is 1. The largest absolute Gasteiger partial charge is 0.506 e. The lowest BCUT2D eigenvalue weighted by Gasteiger charge is -2.02. The summed E-state index contributed by atoms with van der Waals surface area (Å²) >= 11 is 14.1. The molecular weight excluding hydrogens is 508 g/mol. The summed E-state index contributed by atoms with van der Waals surface area (Å²) in [5.74, 6) is 0.394. The molecule has 0 aliphatic carbocycles. The molecule has 0 aliphatic rings. The molecule has 0 atom stereocenters. The Kier molecular flexibility index (Phi) is 5.86. The third kappa shape index (κ3) is 3.88. The molecule has 3 aromatic rings. The molecular formula is C17H11Br2ClN2O3S. The van der Waals surface area contributed by atoms with Crippen LogP contribution in [0.25, 0.3) is 10.1 Å². The second-order valence-corrected chi connectivity index (χ2v) is 8.28. The predicted octanol–water partition coefficient (Wildman–Crippen LogP) is 5.56. The number of thiophene rings is 1. The van der Waals surface area contributed by atoms with Gasteiger partial charge in [0.05, 0.1) is 27.3 Å². The van der Waals surface area contributed by atoms with Gasteiger partial charge in [-0.05, 0) is 67.8 Å². The number of fused-ring (bicyclic) bond motifs is 1. The summed E-state index contributed by atoms with van der Waals surface area (Å²) in [6, 6.07) is 8.79. The van der Waals surface area contributed by atoms with E-state index in [-0.39, 0.29) is 5.75 Å². The number of amides is 1. The molecule has 26 heavy (non-hydrogen) atoms. The highest BCUT2D eigenvalue weighted by Gasteiger charge is 2.17. The van der Waals surface area contributed by atoms with Crippen molar-refractivity contribution in [1.82, 2.24) is 5.43 Å². The lowest BCUT2D eigenvalue weighted by atomic mass is 10.2. The monoisotopic (exact) mass is 516 g/mol. The van der Waals surface area contributed by atoms with E-state index in [0.29, 0.717) is 30.2 Å². The molecule has 0 saturated carbocycles. The van der Waals surface area contributed by atoms with E-state index in [2.05, 4.69) is 42.4 Å². The van der Waals surface area contributed by atoms with Crippen molar-refractivity contribution in [2.24, 2.45) is 5.10 Å². The number of benzene rings is 2. The minimum atomic E-state index is -0.400. The highest BCUT2D eigenvalue weighted by molar-refractivity contribution is 9.11. The number of aromatic hydroxyl groups is 1. The van der Waals surface area contributed by atoms with Gasteiger partial charge in [-0.3, -0.25) is 4.79 Å². The number of methoxy groups -OCH3 is 1. The molecule has 1 aromatic heterocycles. The molecule has 134 valence electrons. The Balaban J connectivity index is 1.80. The molecule has 1 amide bonds. The summed E-state index contributed by atoms with van der Waals surface area (Å²) in [6.07, 6.45) is 1.47. The van der Waals surface area contributed by atoms with Crippen LogP contribution >= 0.6 is 54.8 Å². The van der Waals surface area contributed by atoms with Crippen LogP contribution in [0.2, 0.25) is 5.02 Å². The van der Waals surface area contributed by atoms with E-state index < -0.39 is 5.91 Å². The van der Waals surface area contributed by atoms with Gasteiger partial charge < -0.3 is 9.84 Å². The van der Waals surface area contributed by atoms with Gasteiger partial charge in [0.25, 0.3) is 5.91 Å². The zero-order valence-electron chi connectivity index (χ0n) is 13.2. The topological polar surface area (TPSA) is 70.9 Å². The molecule has 0 radical (unpaired) electrons. The van der Waals surface area contributed by atoms with Crippen LogP contribution in [0.1, 0.15) is 15.2 Å². The summed E-state index contributed by atoms with van der Waals surface area (Å²) in [4.78, 5) is 12.8. The van der Waals surface area contributed by atoms with E-state index in [4.69, 9.17) is 16.3 Å². The summed E-state index contributed by atoms with van der Waals surface area (Å²) in [6.45, 7) is 0. The molecule has 1 heterocycles. The number of rotatable bonds is 4. The summed E-state index contributed by atoms with van der Waals surface area (Å²) in [5.41, 5.74) is 3.15. The highest BCUT2D eigenvalue weighted by atomic mass is 79.9. The van der Waals surface area contributed by atoms with Gasteiger partial charge in [0.2, 0.25) is 0 Å². The average Bonchev–Trinajstić information content (AvgIpc) is 2.95. The van der Waals surface area contributed by atoms with Gasteiger partial charge in [0.15, 0.2) is 0 Å². The number of nitrogens with one attached hydrogen (secondary N) is 1. The standard InChI is InChI=1S/C17H11Br2ClN2O3S/c1-25-9-2-3-10-13(6-9)26-16(14(10)20)17(24)22-21-7-8-4-11(18)15(23)12(19)5-8/h2-7,23H,1H3,(H,22,24)/b21-7+. The maximum atomic E-state index is 12.4. The fourth-order valence-electron chi connectivity index (χ4n) is 2.19. The van der Waals surface area contributed by atoms with Crippen LogP contribution in [0.15, 0.2) is 44.4 Å². The van der Waals surface area contributed by atoms with E-state index in [1.54, 1.807) is 25.3 Å². The zero-order valence-corrected chi connectivity index (χ0v) is 18.0. The summed E-state index contributed by atoms with van der Waals surface area (Å²) < 4.78 is 7.07. The number of phenols is 1. The molecule has 0 saturated heterocycles. The summed E-state index contributed by atoms with van der Waals surface area (Å²) in [5, 5.41) is 14.8. The van der Waals surface area contributed by atoms with Crippen molar-refractivity contribution in [1.29, 1.82) is 0 Å². The summed E-state index contributed by atoms with van der Waals surface area (Å²) in [7, 11) is 1.58. The molecule has 0 unspecified atom stereocenters. The van der Waals surface area contributed by atoms with E-state index in [1.807, 2.05) is 12.1 Å². The van der Waals surface area contributed by atoms with Gasteiger partial charge in [-0.15, -0.1) is 11.3 Å². The van der Waals surface area contributed by atoms with Crippen LogP contribution < -0.4 is 10.2 Å². The highest BCUT2D eigenvalue weighted by Crippen LogP contribution is 2.37. The molecule has 0 bridgehead atoms. The van der Waals surface area contributed by atoms with Crippen molar-refractivity contribution < 1.29 is 14.6 Å². The van der Waals surface area contributed by atoms with Crippen molar-refractivity contribution in [3.05, 3.63) is 54.7 Å². The third-order valence-electron chi connectivity index (χ3n) is 3.46. The molecule has 2 N–H and O–H groups in total. The number of nitrogens with zero attached hydrogens (tertiary/aromatic N) is 1. The first-order valence-electron chi connectivity index (χ1n) is 7.18. The number of hydrogen-bond acceptors (Lipinski definition) is 5. The van der Waals surface area contributed by atoms with Crippen LogP contribution in [0.3, 0.4) is 0 Å². The minimum absolute atomic E-state index is 0.0960. The number of hydrogen-bond donors (Lipinski definition) is 2. The maximum absolute atomic E-state index is 12.4. The molecule has 0 fully saturated rings. The van der Waals surface area contributed by atoms with Crippen molar-refractivity contribution in [2.75, 3.05) is 7.11 Å². The Morgan fingerprint density at radius 2 is 2.00 bits per heavy atom. The lowest BCUT2D eigenvalue weighted by molar-refractivity contribution is 0.0959. The molecule has 2 aromatic carbocycles. The van der Waals surface area contributed by atoms with Crippen LogP contribution in [0, 0.1) is 0 Å². The first-order chi connectivity index (χ1) is 12.4.